The first-order valence-corrected chi connectivity index (χ1v) is 7.25. The van der Waals surface area contributed by atoms with Crippen LogP contribution >= 0.6 is 0 Å². The molecule has 0 nitrogen and oxygen atoms in total. The molecule has 0 bridgehead atoms. The van der Waals surface area contributed by atoms with Gasteiger partial charge in [0.05, 0.1) is 0 Å². The molecule has 0 spiro atoms. The van der Waals surface area contributed by atoms with Crippen molar-refractivity contribution >= 4 is 8.21 Å². The van der Waals surface area contributed by atoms with Crippen LogP contribution in [0.2, 0.25) is 0 Å². The fourth-order valence-corrected chi connectivity index (χ4v) is 0. The quantitative estimate of drug-likeness (QED) is 0.494. The summed E-state index contributed by atoms with van der Waals surface area (Å²) >= 11 is 2.09. The van der Waals surface area contributed by atoms with Crippen molar-refractivity contribution in [1.82, 2.24) is 0 Å². The minimum atomic E-state index is 0. The van der Waals surface area contributed by atoms with Crippen molar-refractivity contribution in [3.05, 3.63) is 0 Å². The molecule has 0 amide bonds. The van der Waals surface area contributed by atoms with Crippen LogP contribution in [0.3, 0.4) is 0 Å². The summed E-state index contributed by atoms with van der Waals surface area (Å²) in [7, 11) is 1.32. The Bertz CT molecular complexity index is 11.6. The molecule has 0 aliphatic carbocycles. The molecular formula is H3CrCuMoNiSi. The first kappa shape index (κ1) is 26.0. The van der Waals surface area contributed by atoms with Gasteiger partial charge in [-0.2, -0.15) is 0 Å². The Hall–Kier alpha value is 2.45. The summed E-state index contributed by atoms with van der Waals surface area (Å²) in [6, 6.07) is 0. The molecule has 5 heavy (non-hydrogen) atoms. The van der Waals surface area contributed by atoms with E-state index in [4.69, 9.17) is 0 Å². The third-order valence-corrected chi connectivity index (χ3v) is 0. The number of hydrogen-bond acceptors (Lipinski definition) is 0. The molecule has 0 atom stereocenters. The van der Waals surface area contributed by atoms with E-state index in [-0.39, 0.29) is 50.9 Å². The van der Waals surface area contributed by atoms with Crippen LogP contribution in [0, 0.1) is 0 Å². The molecule has 0 unspecified atom stereocenters. The number of hydrogen-bond donors (Lipinski definition) is 0. The summed E-state index contributed by atoms with van der Waals surface area (Å²) in [5, 5.41) is 0. The molecule has 0 aromatic heterocycles. The van der Waals surface area contributed by atoms with Crippen molar-refractivity contribution < 1.29 is 70.0 Å². The van der Waals surface area contributed by atoms with E-state index < -0.39 is 0 Å². The monoisotopic (exact) mass is 302 g/mol. The van der Waals surface area contributed by atoms with E-state index >= 15 is 0 Å². The SMILES string of the molecule is [Cr].[Cu].[Ni].[SiH3][Mo]. The van der Waals surface area contributed by atoms with Gasteiger partial charge in [-0.3, -0.25) is 0 Å². The fourth-order valence-electron chi connectivity index (χ4n) is 0. The predicted octanol–water partition coefficient (Wildman–Crippen LogP) is -1.19. The summed E-state index contributed by atoms with van der Waals surface area (Å²) < 4.78 is 0. The Morgan fingerprint density at radius 1 is 1.20 bits per heavy atom. The molecule has 0 heterocycles. The van der Waals surface area contributed by atoms with Crippen LogP contribution in [0.15, 0.2) is 0 Å². The van der Waals surface area contributed by atoms with Gasteiger partial charge in [0.25, 0.3) is 0 Å². The van der Waals surface area contributed by atoms with Gasteiger partial charge >= 0.3 is 27.3 Å². The Labute approximate surface area is 77.3 Å². The van der Waals surface area contributed by atoms with Crippen LogP contribution in [-0.2, 0) is 70.0 Å². The minimum absolute atomic E-state index is 0. The van der Waals surface area contributed by atoms with E-state index in [0.717, 1.165) is 0 Å². The van der Waals surface area contributed by atoms with Crippen LogP contribution in [0.25, 0.3) is 0 Å². The van der Waals surface area contributed by atoms with Gasteiger partial charge in [-0.1, -0.05) is 0 Å². The molecular weight excluding hydrogens is 298 g/mol. The third-order valence-electron chi connectivity index (χ3n) is 0. The molecule has 5 heteroatoms. The maximum atomic E-state index is 2.09. The normalized spacial score (nSPS) is 1.60. The number of rotatable bonds is 0. The molecule has 0 saturated heterocycles. The average Bonchev–Trinajstić information content (AvgIpc) is 1.00. The van der Waals surface area contributed by atoms with Crippen molar-refractivity contribution in [1.29, 1.82) is 0 Å². The van der Waals surface area contributed by atoms with Crippen molar-refractivity contribution in [2.45, 2.75) is 0 Å². The summed E-state index contributed by atoms with van der Waals surface area (Å²) in [4.78, 5) is 0. The predicted molar refractivity (Wildman–Crippen MR) is 9.94 cm³/mol. The van der Waals surface area contributed by atoms with Gasteiger partial charge in [0.2, 0.25) is 0 Å². The van der Waals surface area contributed by atoms with Crippen LogP contribution < -0.4 is 0 Å². The first-order valence-electron chi connectivity index (χ1n) is 0.408. The van der Waals surface area contributed by atoms with Crippen LogP contribution in [0.5, 0.6) is 0 Å². The Morgan fingerprint density at radius 3 is 1.20 bits per heavy atom. The zero-order chi connectivity index (χ0) is 2.00. The molecule has 0 aliphatic rings. The van der Waals surface area contributed by atoms with Crippen LogP contribution in [0.1, 0.15) is 0 Å². The van der Waals surface area contributed by atoms with Crippen LogP contribution in [0.4, 0.5) is 0 Å². The van der Waals surface area contributed by atoms with Crippen LogP contribution in [-0.4, -0.2) is 8.21 Å². The average molecular weight is 301 g/mol. The van der Waals surface area contributed by atoms with Gasteiger partial charge < -0.3 is 0 Å². The van der Waals surface area contributed by atoms with Crippen molar-refractivity contribution in [2.75, 3.05) is 0 Å². The van der Waals surface area contributed by atoms with E-state index in [1.807, 2.05) is 0 Å². The molecule has 0 saturated carbocycles. The van der Waals surface area contributed by atoms with Gasteiger partial charge in [0.1, 0.15) is 0 Å². The zero-order valence-electron chi connectivity index (χ0n) is 2.43. The second-order valence-electron chi connectivity index (χ2n) is 0. The van der Waals surface area contributed by atoms with Gasteiger partial charge in [0.15, 0.2) is 0 Å². The van der Waals surface area contributed by atoms with E-state index in [0.29, 0.717) is 0 Å². The molecule has 0 fully saturated rings. The first-order chi connectivity index (χ1) is 1.00. The van der Waals surface area contributed by atoms with Crippen molar-refractivity contribution in [2.24, 2.45) is 0 Å². The molecule has 0 aromatic rings. The zero-order valence-corrected chi connectivity index (χ0v) is 9.65. The Morgan fingerprint density at radius 2 is 1.20 bits per heavy atom. The fraction of sp³-hybridized carbons (Fsp3) is 0. The topological polar surface area (TPSA) is 0 Å². The van der Waals surface area contributed by atoms with Gasteiger partial charge in [-0.15, -0.1) is 0 Å². The van der Waals surface area contributed by atoms with E-state index in [1.165, 1.54) is 8.21 Å². The standard InChI is InChI=1S/Cr.Cu.Mo.Ni.H3Si/h;;;;1H3. The molecule has 0 rings (SSSR count). The second kappa shape index (κ2) is 31.9. The van der Waals surface area contributed by atoms with E-state index in [1.54, 1.807) is 0 Å². The van der Waals surface area contributed by atoms with Crippen molar-refractivity contribution in [3.63, 3.8) is 0 Å². The Kier molecular flexibility index (Phi) is 166. The summed E-state index contributed by atoms with van der Waals surface area (Å²) in [5.74, 6) is 0. The van der Waals surface area contributed by atoms with E-state index in [2.05, 4.69) is 19.1 Å². The third kappa shape index (κ3) is 21.3. The summed E-state index contributed by atoms with van der Waals surface area (Å²) in [6.07, 6.45) is 0. The van der Waals surface area contributed by atoms with Crippen molar-refractivity contribution in [3.8, 4) is 0 Å². The molecule has 0 aromatic carbocycles. The molecule has 40 valence electrons. The van der Waals surface area contributed by atoms with Gasteiger partial charge in [-0.25, -0.2) is 0 Å². The van der Waals surface area contributed by atoms with Gasteiger partial charge in [-0.05, 0) is 0 Å². The summed E-state index contributed by atoms with van der Waals surface area (Å²) in [6.45, 7) is 0. The second-order valence-corrected chi connectivity index (χ2v) is 0. The summed E-state index contributed by atoms with van der Waals surface area (Å²) in [5.41, 5.74) is 0. The molecule has 0 N–H and O–H groups in total. The Balaban J connectivity index is -0.00000000167. The van der Waals surface area contributed by atoms with Gasteiger partial charge in [0, 0.05) is 50.9 Å². The molecule has 1 radical (unpaired) electrons. The maximum absolute atomic E-state index is 2.09. The molecule has 0 aliphatic heterocycles. The van der Waals surface area contributed by atoms with E-state index in [9.17, 15) is 0 Å².